The Kier molecular flexibility index (Phi) is 57.0. The van der Waals surface area contributed by atoms with Crippen LogP contribution >= 0.6 is 0 Å². The lowest BCUT2D eigenvalue weighted by Crippen LogP contribution is -2.15. The van der Waals surface area contributed by atoms with Crippen molar-refractivity contribution in [2.24, 2.45) is 356 Å². The van der Waals surface area contributed by atoms with Gasteiger partial charge in [-0.2, -0.15) is 13.2 Å². The van der Waals surface area contributed by atoms with Crippen LogP contribution in [-0.4, -0.2) is 50.2 Å². The highest BCUT2D eigenvalue weighted by Gasteiger charge is 2.34. The van der Waals surface area contributed by atoms with E-state index in [1.54, 1.807) is 48.5 Å². The number of rotatable bonds is 52. The number of carbonyl (C=O) groups is 4. The molecule has 0 saturated carbocycles. The highest BCUT2D eigenvalue weighted by molar-refractivity contribution is 6.02. The molecule has 3 aromatic carbocycles. The summed E-state index contributed by atoms with van der Waals surface area (Å²) >= 11 is 0. The number of anilines is 1. The fraction of sp³-hybridized carbons (Fsp3) is 0.231. The number of nitrogens with zero attached hydrogens (tertiary/aromatic N) is 66. The van der Waals surface area contributed by atoms with Gasteiger partial charge in [0.2, 0.25) is 5.91 Å². The van der Waals surface area contributed by atoms with Crippen molar-refractivity contribution in [3.8, 4) is 17.2 Å². The van der Waals surface area contributed by atoms with Crippen molar-refractivity contribution in [3.63, 3.8) is 0 Å². The number of alkyl halides is 3. The predicted molar refractivity (Wildman–Crippen MR) is 357 cm³/mol. The van der Waals surface area contributed by atoms with E-state index >= 15 is 0 Å². The maximum atomic E-state index is 13.9. The summed E-state index contributed by atoms with van der Waals surface area (Å²) < 4.78 is 67.8. The standard InChI is InChI=1S/C39H38F3NO9.H4N68/c1-3-36(45)50-25-7-5-23-48-30-15-9-28(10-16-30)13-21-35(44)43-34-20-19-32(27-33(34)39(40,41)42)52-38(47)22-14-29-11-17-31(18-12-29)49-24-6-8-26-51-37(46)4-2;1-3-5-7-9-11-13-15-17-19-21-23-25-27-29-31-33-35-37-39-41-43-45-47-49-51-53-55-57-59-61-63-65-67-68-66-64-62-60-58-56-54-52-50-48-46-44-42-40-38-36-34-32-30-28-26-24-22-20-18-16-14-12-10-8-6-4-2/h3-4,9-22,27H,1-2,5-8,23-26H2,(H,43,44);(H2,1,4,5,8,9,12,13,16,17,20,21,24,25,28,29,32,33,36,37,40,41,44,45,48,49,52,53,56,57,60,61,64,65,68)(H2,2,3,6,7,10,11,14,15,18,19,22,23,26,27,30,31,34,35,38,39,42,43,46,47,50,51,54,55,58,59,62,63,66,67). The Morgan fingerprint density at radius 1 is 0.308 bits per heavy atom. The fourth-order valence-corrected chi connectivity index (χ4v) is 5.35. The molecule has 0 heterocycles. The second-order valence-corrected chi connectivity index (χ2v) is 16.7. The molecule has 0 radical (unpaired) electrons. The average Bonchev–Trinajstić information content (AvgIpc) is 0.812. The molecule has 0 aliphatic rings. The Hall–Kier alpha value is -19.7. The first-order valence-corrected chi connectivity index (χ1v) is 29.6. The molecule has 78 nitrogen and oxygen atoms in total. The number of hydrogen-bond donors (Lipinski definition) is 3. The van der Waals surface area contributed by atoms with E-state index in [-0.39, 0.29) is 19.0 Å². The largest absolute Gasteiger partial charge is 0.494 e. The minimum absolute atomic E-state index is 0.261. The zero-order valence-electron chi connectivity index (χ0n) is 58.9. The molecule has 120 heavy (non-hydrogen) atoms. The molecule has 5 N–H and O–H groups in total. The molecule has 81 heteroatoms. The lowest BCUT2D eigenvalue weighted by atomic mass is 10.1. The van der Waals surface area contributed by atoms with Crippen LogP contribution in [0.5, 0.6) is 17.2 Å². The molecule has 0 spiro atoms. The lowest BCUT2D eigenvalue weighted by molar-refractivity contribution is -0.138. The molecule has 0 unspecified atom stereocenters. The molecule has 0 aliphatic heterocycles. The molecular weight excluding hydrogens is 1640 g/mol. The molecule has 3 rings (SSSR count). The van der Waals surface area contributed by atoms with Crippen LogP contribution in [0.1, 0.15) is 42.4 Å². The van der Waals surface area contributed by atoms with Crippen LogP contribution in [0.2, 0.25) is 0 Å². The molecule has 618 valence electrons. The van der Waals surface area contributed by atoms with Gasteiger partial charge in [0.1, 0.15) is 17.2 Å². The first kappa shape index (κ1) is 96.4. The lowest BCUT2D eigenvalue weighted by Gasteiger charge is -2.14. The van der Waals surface area contributed by atoms with Crippen LogP contribution in [-0.2, 0) is 34.8 Å². The second-order valence-electron chi connectivity index (χ2n) is 16.7. The Morgan fingerprint density at radius 2 is 0.533 bits per heavy atom. The third-order valence-corrected chi connectivity index (χ3v) is 9.43. The van der Waals surface area contributed by atoms with Gasteiger partial charge in [-0.3, -0.25) is 4.79 Å². The molecule has 0 fully saturated rings. The summed E-state index contributed by atoms with van der Waals surface area (Å²) in [6.45, 7) is 7.97. The summed E-state index contributed by atoms with van der Waals surface area (Å²) in [6, 6.07) is 16.2. The number of ether oxygens (including phenoxy) is 5. The fourth-order valence-electron chi connectivity index (χ4n) is 5.35. The van der Waals surface area contributed by atoms with E-state index in [0.29, 0.717) is 67.6 Å². The third kappa shape index (κ3) is 60.2. The van der Waals surface area contributed by atoms with E-state index < -0.39 is 41.2 Å². The van der Waals surface area contributed by atoms with Crippen LogP contribution in [0.25, 0.3) is 12.2 Å². The minimum atomic E-state index is -4.86. The van der Waals surface area contributed by atoms with Crippen LogP contribution in [0.3, 0.4) is 0 Å². The molecule has 0 atom stereocenters. The monoisotopic (exact) mass is 1680 g/mol. The first-order valence-electron chi connectivity index (χ1n) is 29.6. The number of esters is 3. The van der Waals surface area contributed by atoms with Gasteiger partial charge >= 0.3 is 24.1 Å². The second kappa shape index (κ2) is 70.9. The number of hydrogen-bond acceptors (Lipinski definition) is 11. The Morgan fingerprint density at radius 3 is 0.767 bits per heavy atom. The molecule has 3 aromatic rings. The van der Waals surface area contributed by atoms with E-state index in [1.807, 2.05) is 0 Å². The van der Waals surface area contributed by atoms with Gasteiger partial charge in [0.05, 0.1) is 37.7 Å². The summed E-state index contributed by atoms with van der Waals surface area (Å²) in [7, 11) is 0. The SMILES string of the molecule is C=CC(=O)OCCCCOc1ccc(C=CC(=O)Nc2ccc(OC(=O)C=Cc3ccc(OCCCCOC(=O)C=C)cc3)cc2C(F)(F)F)cc1.N/N=N/N=N/N=N/N=N/N=N/N=N/N=N/N=N/N=N/N=N/N=N/N=N/N=N/N=N/N=N/N=N/N=N/N=N/N=N/N=N/N=N/N=N/N=N/N=N/N=N/N=N/N=N/N=N/N=N/N=N/N=N/N=N/N=N/N. The third-order valence-electron chi connectivity index (χ3n) is 9.43. The van der Waals surface area contributed by atoms with Crippen LogP contribution in [0.15, 0.2) is 449 Å². The van der Waals surface area contributed by atoms with Crippen LogP contribution in [0.4, 0.5) is 18.9 Å². The quantitative estimate of drug-likeness (QED) is 0.00906. The summed E-state index contributed by atoms with van der Waals surface area (Å²) in [5.74, 6) is 7.38. The van der Waals surface area contributed by atoms with E-state index in [1.165, 1.54) is 12.2 Å². The van der Waals surface area contributed by atoms with Crippen molar-refractivity contribution in [1.29, 1.82) is 0 Å². The van der Waals surface area contributed by atoms with Crippen LogP contribution < -0.4 is 31.2 Å². The van der Waals surface area contributed by atoms with Gasteiger partial charge in [-0.25, -0.2) is 14.4 Å². The van der Waals surface area contributed by atoms with Gasteiger partial charge < -0.3 is 40.7 Å². The number of halogens is 3. The number of nitrogens with two attached hydrogens (primary N) is 2. The van der Waals surface area contributed by atoms with Gasteiger partial charge in [-0.1, -0.05) is 47.9 Å². The zero-order valence-corrected chi connectivity index (χ0v) is 58.9. The molecule has 1 amide bonds. The average molecular weight is 1680 g/mol. The molecule has 0 bridgehead atoms. The zero-order chi connectivity index (χ0) is 86.4. The van der Waals surface area contributed by atoms with Crippen molar-refractivity contribution in [1.82, 2.24) is 0 Å². The highest BCUT2D eigenvalue weighted by atomic mass is 19.4. The van der Waals surface area contributed by atoms with E-state index in [4.69, 9.17) is 23.7 Å². The molecule has 0 aromatic heterocycles. The Labute approximate surface area is 654 Å². The maximum absolute atomic E-state index is 13.9. The summed E-state index contributed by atoms with van der Waals surface area (Å²) in [5, 5.41) is 199. The Balaban J connectivity index is 0.000000840. The van der Waals surface area contributed by atoms with Gasteiger partial charge in [0.15, 0.2) is 0 Å². The summed E-state index contributed by atoms with van der Waals surface area (Å²) in [4.78, 5) is 46.9. The van der Waals surface area contributed by atoms with Crippen molar-refractivity contribution >= 4 is 41.7 Å². The van der Waals surface area contributed by atoms with E-state index in [0.717, 1.165) is 36.4 Å². The van der Waals surface area contributed by atoms with Crippen molar-refractivity contribution in [2.45, 2.75) is 31.9 Å². The number of nitrogens with one attached hydrogen (secondary N) is 1. The van der Waals surface area contributed by atoms with Crippen LogP contribution in [0, 0.1) is 0 Å². The smallest absolute Gasteiger partial charge is 0.418 e. The minimum Gasteiger partial charge on any atom is -0.494 e. The van der Waals surface area contributed by atoms with E-state index in [9.17, 15) is 32.3 Å². The maximum Gasteiger partial charge on any atom is 0.418 e. The topological polar surface area (TPSA) is 994 Å². The van der Waals surface area contributed by atoms with Gasteiger partial charge in [0, 0.05) is 285 Å². The summed E-state index contributed by atoms with van der Waals surface area (Å²) in [6.07, 6.45) is 4.90. The van der Waals surface area contributed by atoms with Crippen molar-refractivity contribution < 1.29 is 56.0 Å². The highest BCUT2D eigenvalue weighted by Crippen LogP contribution is 2.37. The van der Waals surface area contributed by atoms with Gasteiger partial charge in [-0.05, 0) is 165 Å². The molecule has 0 saturated heterocycles. The molecule has 0 aliphatic carbocycles. The van der Waals surface area contributed by atoms with Gasteiger partial charge in [0.25, 0.3) is 0 Å². The van der Waals surface area contributed by atoms with Gasteiger partial charge in [-0.15, -0.1) is 0 Å². The van der Waals surface area contributed by atoms with Crippen molar-refractivity contribution in [3.05, 3.63) is 121 Å². The first-order chi connectivity index (χ1) is 58.9. The number of unbranched alkanes of at least 4 members (excludes halogenated alkanes) is 2. The number of carbonyl (C=O) groups excluding carboxylic acids is 4. The summed E-state index contributed by atoms with van der Waals surface area (Å²) in [5.41, 5.74) is -0.493. The van der Waals surface area contributed by atoms with E-state index in [2.05, 4.69) is 375 Å². The number of amides is 1. The molecular formula is C39H42F3N69O9. The van der Waals surface area contributed by atoms with Crippen molar-refractivity contribution in [2.75, 3.05) is 31.7 Å². The predicted octanol–water partition coefficient (Wildman–Crippen LogP) is 18.7. The normalized spacial score (nSPS) is 13.7. The number of benzene rings is 3. The Bertz CT molecular complexity index is 4560.